The number of nitrogens with one attached hydrogen (secondary N) is 2. The van der Waals surface area contributed by atoms with Crippen molar-refractivity contribution in [1.82, 2.24) is 10.6 Å². The van der Waals surface area contributed by atoms with E-state index in [2.05, 4.69) is 10.6 Å². The first kappa shape index (κ1) is 13.0. The van der Waals surface area contributed by atoms with Crippen LogP contribution in [0.25, 0.3) is 0 Å². The van der Waals surface area contributed by atoms with Gasteiger partial charge in [-0.25, -0.2) is 4.39 Å². The second-order valence-electron chi connectivity index (χ2n) is 4.39. The molecule has 2 N–H and O–H groups in total. The minimum absolute atomic E-state index is 0.0532. The molecule has 1 aliphatic heterocycles. The summed E-state index contributed by atoms with van der Waals surface area (Å²) in [6.45, 7) is 1.32. The van der Waals surface area contributed by atoms with Gasteiger partial charge < -0.3 is 15.4 Å². The van der Waals surface area contributed by atoms with Crippen molar-refractivity contribution in [3.63, 3.8) is 0 Å². The summed E-state index contributed by atoms with van der Waals surface area (Å²) in [6.07, 6.45) is 0. The Labute approximate surface area is 106 Å². The molecule has 5 heteroatoms. The number of likely N-dealkylation sites (N-methyl/N-ethyl adjacent to an activating group) is 1. The predicted molar refractivity (Wildman–Crippen MR) is 65.4 cm³/mol. The number of benzene rings is 1. The van der Waals surface area contributed by atoms with Crippen molar-refractivity contribution < 1.29 is 13.9 Å². The van der Waals surface area contributed by atoms with Gasteiger partial charge in [0.05, 0.1) is 19.1 Å². The lowest BCUT2D eigenvalue weighted by atomic mass is 10.0. The van der Waals surface area contributed by atoms with Crippen molar-refractivity contribution >= 4 is 5.91 Å². The quantitative estimate of drug-likeness (QED) is 0.828. The highest BCUT2D eigenvalue weighted by Gasteiger charge is 2.32. The van der Waals surface area contributed by atoms with Crippen molar-refractivity contribution in [3.05, 3.63) is 35.6 Å². The summed E-state index contributed by atoms with van der Waals surface area (Å²) in [6, 6.07) is 6.27. The van der Waals surface area contributed by atoms with E-state index in [1.165, 1.54) is 12.1 Å². The van der Waals surface area contributed by atoms with Gasteiger partial charge in [0.1, 0.15) is 5.82 Å². The molecule has 0 aromatic heterocycles. The van der Waals surface area contributed by atoms with Gasteiger partial charge >= 0.3 is 0 Å². The molecule has 0 bridgehead atoms. The van der Waals surface area contributed by atoms with Crippen LogP contribution in [0, 0.1) is 11.7 Å². The Kier molecular flexibility index (Phi) is 4.28. The molecule has 1 saturated heterocycles. The predicted octanol–water partition coefficient (Wildman–Crippen LogP) is 0.676. The third-order valence-electron chi connectivity index (χ3n) is 3.14. The largest absolute Gasteiger partial charge is 0.379 e. The van der Waals surface area contributed by atoms with Crippen molar-refractivity contribution in [3.8, 4) is 0 Å². The molecule has 0 radical (unpaired) electrons. The van der Waals surface area contributed by atoms with Crippen LogP contribution < -0.4 is 10.6 Å². The van der Waals surface area contributed by atoms with E-state index in [1.54, 1.807) is 12.1 Å². The van der Waals surface area contributed by atoms with Crippen LogP contribution in [0.2, 0.25) is 0 Å². The molecule has 1 heterocycles. The Balaban J connectivity index is 1.88. The van der Waals surface area contributed by atoms with Crippen molar-refractivity contribution in [1.29, 1.82) is 0 Å². The molecule has 0 spiro atoms. The summed E-state index contributed by atoms with van der Waals surface area (Å²) in [5.74, 6) is -0.529. The zero-order chi connectivity index (χ0) is 13.0. The van der Waals surface area contributed by atoms with Crippen LogP contribution in [0.1, 0.15) is 5.56 Å². The summed E-state index contributed by atoms with van der Waals surface area (Å²) in [5.41, 5.74) is 0.753. The molecule has 1 aliphatic rings. The second kappa shape index (κ2) is 5.93. The number of ether oxygens (including phenoxy) is 1. The lowest BCUT2D eigenvalue weighted by Gasteiger charge is -2.16. The summed E-state index contributed by atoms with van der Waals surface area (Å²) < 4.78 is 18.2. The molecule has 2 atom stereocenters. The van der Waals surface area contributed by atoms with Gasteiger partial charge in [-0.15, -0.1) is 0 Å². The molecule has 4 nitrogen and oxygen atoms in total. The average molecular weight is 252 g/mol. The maximum absolute atomic E-state index is 13.0. The summed E-state index contributed by atoms with van der Waals surface area (Å²) in [7, 11) is 1.81. The summed E-state index contributed by atoms with van der Waals surface area (Å²) in [4.78, 5) is 11.9. The highest BCUT2D eigenvalue weighted by Crippen LogP contribution is 2.13. The number of amides is 1. The number of hydrogen-bond acceptors (Lipinski definition) is 3. The fourth-order valence-electron chi connectivity index (χ4n) is 2.06. The maximum Gasteiger partial charge on any atom is 0.227 e. The normalized spacial score (nSPS) is 23.0. The van der Waals surface area contributed by atoms with E-state index in [-0.39, 0.29) is 23.7 Å². The van der Waals surface area contributed by atoms with Crippen molar-refractivity contribution in [2.75, 3.05) is 20.3 Å². The van der Waals surface area contributed by atoms with Gasteiger partial charge in [-0.2, -0.15) is 0 Å². The summed E-state index contributed by atoms with van der Waals surface area (Å²) >= 11 is 0. The van der Waals surface area contributed by atoms with Gasteiger partial charge in [0.2, 0.25) is 5.91 Å². The molecule has 2 rings (SSSR count). The number of carbonyl (C=O) groups is 1. The second-order valence-corrected chi connectivity index (χ2v) is 4.39. The summed E-state index contributed by atoms with van der Waals surface area (Å²) in [5, 5.41) is 5.86. The van der Waals surface area contributed by atoms with E-state index < -0.39 is 0 Å². The SMILES string of the molecule is CNC1COCC1C(=O)NCc1cccc(F)c1. The minimum Gasteiger partial charge on any atom is -0.379 e. The van der Waals surface area contributed by atoms with Crippen LogP contribution in [-0.4, -0.2) is 32.2 Å². The Morgan fingerprint density at radius 3 is 3.06 bits per heavy atom. The monoisotopic (exact) mass is 252 g/mol. The van der Waals surface area contributed by atoms with Gasteiger partial charge in [-0.3, -0.25) is 4.79 Å². The van der Waals surface area contributed by atoms with Gasteiger partial charge in [-0.1, -0.05) is 12.1 Å². The van der Waals surface area contributed by atoms with Gasteiger partial charge in [-0.05, 0) is 24.7 Å². The fourth-order valence-corrected chi connectivity index (χ4v) is 2.06. The van der Waals surface area contributed by atoms with E-state index >= 15 is 0 Å². The van der Waals surface area contributed by atoms with Crippen molar-refractivity contribution in [2.24, 2.45) is 5.92 Å². The molecule has 1 fully saturated rings. The van der Waals surface area contributed by atoms with Crippen LogP contribution in [0.15, 0.2) is 24.3 Å². The third-order valence-corrected chi connectivity index (χ3v) is 3.14. The van der Waals surface area contributed by atoms with E-state index in [0.29, 0.717) is 19.8 Å². The topological polar surface area (TPSA) is 50.4 Å². The van der Waals surface area contributed by atoms with E-state index in [9.17, 15) is 9.18 Å². The van der Waals surface area contributed by atoms with Crippen LogP contribution in [0.5, 0.6) is 0 Å². The van der Waals surface area contributed by atoms with Gasteiger partial charge in [0.25, 0.3) is 0 Å². The molecule has 1 aromatic rings. The lowest BCUT2D eigenvalue weighted by Crippen LogP contribution is -2.42. The molecular formula is C13H17FN2O2. The number of hydrogen-bond donors (Lipinski definition) is 2. The number of halogens is 1. The molecule has 2 unspecified atom stereocenters. The fraction of sp³-hybridized carbons (Fsp3) is 0.462. The van der Waals surface area contributed by atoms with E-state index in [4.69, 9.17) is 4.74 Å². The number of rotatable bonds is 4. The average Bonchev–Trinajstić information content (AvgIpc) is 2.84. The molecule has 18 heavy (non-hydrogen) atoms. The van der Waals surface area contributed by atoms with Gasteiger partial charge in [0.15, 0.2) is 0 Å². The van der Waals surface area contributed by atoms with Crippen LogP contribution in [-0.2, 0) is 16.1 Å². The minimum atomic E-state index is -0.293. The van der Waals surface area contributed by atoms with E-state index in [1.807, 2.05) is 7.05 Å². The maximum atomic E-state index is 13.0. The molecule has 0 aliphatic carbocycles. The van der Waals surface area contributed by atoms with Crippen molar-refractivity contribution in [2.45, 2.75) is 12.6 Å². The Hall–Kier alpha value is -1.46. The molecule has 0 saturated carbocycles. The standard InChI is InChI=1S/C13H17FN2O2/c1-15-12-8-18-7-11(12)13(17)16-6-9-3-2-4-10(14)5-9/h2-5,11-12,15H,6-8H2,1H3,(H,16,17). The Morgan fingerprint density at radius 1 is 1.50 bits per heavy atom. The third kappa shape index (κ3) is 3.05. The van der Waals surface area contributed by atoms with E-state index in [0.717, 1.165) is 5.56 Å². The highest BCUT2D eigenvalue weighted by atomic mass is 19.1. The van der Waals surface area contributed by atoms with Crippen LogP contribution in [0.3, 0.4) is 0 Å². The first-order valence-electron chi connectivity index (χ1n) is 5.98. The molecular weight excluding hydrogens is 235 g/mol. The first-order chi connectivity index (χ1) is 8.70. The van der Waals surface area contributed by atoms with Crippen LogP contribution >= 0.6 is 0 Å². The molecule has 98 valence electrons. The smallest absolute Gasteiger partial charge is 0.227 e. The lowest BCUT2D eigenvalue weighted by molar-refractivity contribution is -0.125. The number of carbonyl (C=O) groups excluding carboxylic acids is 1. The molecule has 1 aromatic carbocycles. The Bertz CT molecular complexity index is 425. The zero-order valence-electron chi connectivity index (χ0n) is 10.3. The molecule has 1 amide bonds. The van der Waals surface area contributed by atoms with Gasteiger partial charge in [0, 0.05) is 12.6 Å². The highest BCUT2D eigenvalue weighted by molar-refractivity contribution is 5.79. The first-order valence-corrected chi connectivity index (χ1v) is 5.98. The van der Waals surface area contributed by atoms with Crippen LogP contribution in [0.4, 0.5) is 4.39 Å². The zero-order valence-corrected chi connectivity index (χ0v) is 10.3. The Morgan fingerprint density at radius 2 is 2.33 bits per heavy atom.